The first kappa shape index (κ1) is 22.6. The molecule has 9 nitrogen and oxygen atoms in total. The molecule has 0 fully saturated rings. The molecule has 0 bridgehead atoms. The lowest BCUT2D eigenvalue weighted by atomic mass is 10.1. The highest BCUT2D eigenvalue weighted by Gasteiger charge is 2.15. The Morgan fingerprint density at radius 1 is 0.967 bits per heavy atom. The lowest BCUT2D eigenvalue weighted by Crippen LogP contribution is -2.24. The van der Waals surface area contributed by atoms with Gasteiger partial charge in [0.05, 0.1) is 29.0 Å². The second-order valence-corrected chi connectivity index (χ2v) is 7.75. The largest absolute Gasteiger partial charge is 0.452 e. The number of nitriles is 2. The first-order valence-electron chi connectivity index (χ1n) is 8.75. The molecular formula is C20H18N4O5S. The van der Waals surface area contributed by atoms with Crippen molar-refractivity contribution in [1.29, 1.82) is 10.5 Å². The van der Waals surface area contributed by atoms with Gasteiger partial charge in [0.15, 0.2) is 6.61 Å². The van der Waals surface area contributed by atoms with Crippen LogP contribution in [-0.4, -0.2) is 33.4 Å². The monoisotopic (exact) mass is 426 g/mol. The van der Waals surface area contributed by atoms with E-state index in [0.717, 1.165) is 5.56 Å². The average molecular weight is 426 g/mol. The van der Waals surface area contributed by atoms with Crippen molar-refractivity contribution in [2.24, 2.45) is 0 Å². The molecule has 10 heteroatoms. The van der Waals surface area contributed by atoms with E-state index in [1.54, 1.807) is 24.3 Å². The Balaban J connectivity index is 1.88. The first-order valence-corrected chi connectivity index (χ1v) is 10.2. The van der Waals surface area contributed by atoms with Crippen molar-refractivity contribution in [3.63, 3.8) is 0 Å². The SMILES string of the molecule is N#CCCNS(=O)(=O)c1ccc(C(=O)OCC(=O)Nc2ccc(CC#N)cc2)cc1. The average Bonchev–Trinajstić information content (AvgIpc) is 2.74. The summed E-state index contributed by atoms with van der Waals surface area (Å²) in [7, 11) is -3.78. The van der Waals surface area contributed by atoms with Crippen LogP contribution in [0.5, 0.6) is 0 Å². The number of carbonyl (C=O) groups excluding carboxylic acids is 2. The lowest BCUT2D eigenvalue weighted by molar-refractivity contribution is -0.119. The Hall–Kier alpha value is -3.73. The third kappa shape index (κ3) is 6.71. The van der Waals surface area contributed by atoms with Crippen LogP contribution in [0, 0.1) is 22.7 Å². The van der Waals surface area contributed by atoms with Crippen LogP contribution in [-0.2, 0) is 26.0 Å². The van der Waals surface area contributed by atoms with Gasteiger partial charge in [-0.05, 0) is 42.0 Å². The summed E-state index contributed by atoms with van der Waals surface area (Å²) in [6.45, 7) is -0.534. The van der Waals surface area contributed by atoms with Gasteiger partial charge in [-0.1, -0.05) is 12.1 Å². The van der Waals surface area contributed by atoms with E-state index in [1.807, 2.05) is 12.1 Å². The summed E-state index contributed by atoms with van der Waals surface area (Å²) in [6, 6.07) is 15.5. The number of amides is 1. The highest BCUT2D eigenvalue weighted by Crippen LogP contribution is 2.12. The van der Waals surface area contributed by atoms with Gasteiger partial charge in [0.25, 0.3) is 5.91 Å². The molecule has 2 N–H and O–H groups in total. The van der Waals surface area contributed by atoms with Gasteiger partial charge in [0.2, 0.25) is 10.0 Å². The van der Waals surface area contributed by atoms with Crippen LogP contribution in [0.2, 0.25) is 0 Å². The van der Waals surface area contributed by atoms with Crippen LogP contribution in [0.4, 0.5) is 5.69 Å². The molecule has 0 aromatic heterocycles. The fourth-order valence-corrected chi connectivity index (χ4v) is 3.34. The van der Waals surface area contributed by atoms with Crippen molar-refractivity contribution in [1.82, 2.24) is 4.72 Å². The quantitative estimate of drug-likeness (QED) is 0.458. The molecule has 0 aliphatic heterocycles. The van der Waals surface area contributed by atoms with Crippen molar-refractivity contribution in [3.05, 3.63) is 59.7 Å². The minimum atomic E-state index is -3.78. The van der Waals surface area contributed by atoms with Crippen molar-refractivity contribution < 1.29 is 22.7 Å². The minimum Gasteiger partial charge on any atom is -0.452 e. The number of hydrogen-bond acceptors (Lipinski definition) is 7. The van der Waals surface area contributed by atoms with Gasteiger partial charge in [-0.2, -0.15) is 10.5 Å². The van der Waals surface area contributed by atoms with Gasteiger partial charge in [-0.25, -0.2) is 17.9 Å². The second-order valence-electron chi connectivity index (χ2n) is 5.99. The number of esters is 1. The fraction of sp³-hybridized carbons (Fsp3) is 0.200. The summed E-state index contributed by atoms with van der Waals surface area (Å²) in [4.78, 5) is 23.9. The Bertz CT molecular complexity index is 1080. The van der Waals surface area contributed by atoms with Crippen LogP contribution in [0.15, 0.2) is 53.4 Å². The number of nitrogens with zero attached hydrogens (tertiary/aromatic N) is 2. The highest BCUT2D eigenvalue weighted by atomic mass is 32.2. The Morgan fingerprint density at radius 2 is 1.63 bits per heavy atom. The number of hydrogen-bond donors (Lipinski definition) is 2. The van der Waals surface area contributed by atoms with Crippen molar-refractivity contribution in [3.8, 4) is 12.1 Å². The number of rotatable bonds is 9. The molecule has 0 atom stereocenters. The maximum absolute atomic E-state index is 12.1. The Labute approximate surface area is 173 Å². The van der Waals surface area contributed by atoms with Crippen LogP contribution in [0.1, 0.15) is 22.3 Å². The van der Waals surface area contributed by atoms with E-state index in [2.05, 4.69) is 10.0 Å². The number of carbonyl (C=O) groups is 2. The van der Waals surface area contributed by atoms with E-state index in [0.29, 0.717) is 5.69 Å². The third-order valence-electron chi connectivity index (χ3n) is 3.78. The van der Waals surface area contributed by atoms with Crippen LogP contribution in [0.25, 0.3) is 0 Å². The summed E-state index contributed by atoms with van der Waals surface area (Å²) in [5.41, 5.74) is 1.39. The molecule has 0 aliphatic carbocycles. The number of anilines is 1. The number of ether oxygens (including phenoxy) is 1. The molecule has 0 heterocycles. The fourth-order valence-electron chi connectivity index (χ4n) is 2.30. The molecule has 0 unspecified atom stereocenters. The maximum atomic E-state index is 12.1. The topological polar surface area (TPSA) is 149 Å². The van der Waals surface area contributed by atoms with Crippen LogP contribution >= 0.6 is 0 Å². The molecule has 1 amide bonds. The Morgan fingerprint density at radius 3 is 2.23 bits per heavy atom. The Kier molecular flexibility index (Phi) is 8.06. The van der Waals surface area contributed by atoms with Gasteiger partial charge in [0, 0.05) is 18.7 Å². The van der Waals surface area contributed by atoms with Crippen molar-refractivity contribution in [2.45, 2.75) is 17.7 Å². The number of benzene rings is 2. The molecule has 0 saturated heterocycles. The molecule has 2 aromatic carbocycles. The van der Waals surface area contributed by atoms with E-state index < -0.39 is 28.5 Å². The first-order chi connectivity index (χ1) is 14.4. The molecule has 2 aromatic rings. The molecule has 154 valence electrons. The third-order valence-corrected chi connectivity index (χ3v) is 5.26. The van der Waals surface area contributed by atoms with E-state index in [1.165, 1.54) is 24.3 Å². The second kappa shape index (κ2) is 10.7. The molecule has 30 heavy (non-hydrogen) atoms. The highest BCUT2D eigenvalue weighted by molar-refractivity contribution is 7.89. The van der Waals surface area contributed by atoms with E-state index in [-0.39, 0.29) is 29.8 Å². The van der Waals surface area contributed by atoms with Crippen molar-refractivity contribution in [2.75, 3.05) is 18.5 Å². The summed E-state index contributed by atoms with van der Waals surface area (Å²) in [5.74, 6) is -1.33. The van der Waals surface area contributed by atoms with Crippen LogP contribution in [0.3, 0.4) is 0 Å². The number of nitrogens with one attached hydrogen (secondary N) is 2. The predicted molar refractivity (Wildman–Crippen MR) is 107 cm³/mol. The number of sulfonamides is 1. The standard InChI is InChI=1S/C20H18N4O5S/c21-11-1-13-23-30(27,28)18-8-4-16(5-9-18)20(26)29-14-19(25)24-17-6-2-15(3-7-17)10-12-22/h2-9,23H,1,10,13-14H2,(H,24,25). The zero-order valence-corrected chi connectivity index (χ0v) is 16.6. The smallest absolute Gasteiger partial charge is 0.338 e. The molecule has 2 rings (SSSR count). The van der Waals surface area contributed by atoms with Gasteiger partial charge < -0.3 is 10.1 Å². The van der Waals surface area contributed by atoms with E-state index >= 15 is 0 Å². The van der Waals surface area contributed by atoms with E-state index in [9.17, 15) is 18.0 Å². The lowest BCUT2D eigenvalue weighted by Gasteiger charge is -2.08. The molecule has 0 spiro atoms. The van der Waals surface area contributed by atoms with Crippen molar-refractivity contribution >= 4 is 27.6 Å². The summed E-state index contributed by atoms with van der Waals surface area (Å²) in [6.07, 6.45) is 0.303. The van der Waals surface area contributed by atoms with E-state index in [4.69, 9.17) is 15.3 Å². The minimum absolute atomic E-state index is 0.0151. The molecule has 0 aliphatic rings. The molecule has 0 saturated carbocycles. The predicted octanol–water partition coefficient (Wildman–Crippen LogP) is 1.74. The zero-order valence-electron chi connectivity index (χ0n) is 15.8. The van der Waals surface area contributed by atoms with Gasteiger partial charge in [-0.3, -0.25) is 4.79 Å². The molecule has 0 radical (unpaired) electrons. The zero-order chi connectivity index (χ0) is 22.0. The normalized spacial score (nSPS) is 10.5. The summed E-state index contributed by atoms with van der Waals surface area (Å²) < 4.78 is 31.3. The maximum Gasteiger partial charge on any atom is 0.338 e. The molecular weight excluding hydrogens is 408 g/mol. The summed E-state index contributed by atoms with van der Waals surface area (Å²) in [5, 5.41) is 19.7. The van der Waals surface area contributed by atoms with Crippen LogP contribution < -0.4 is 10.0 Å². The van der Waals surface area contributed by atoms with Gasteiger partial charge in [0.1, 0.15) is 0 Å². The van der Waals surface area contributed by atoms with Gasteiger partial charge >= 0.3 is 5.97 Å². The summed E-state index contributed by atoms with van der Waals surface area (Å²) >= 11 is 0. The van der Waals surface area contributed by atoms with Gasteiger partial charge in [-0.15, -0.1) is 0 Å².